The Kier molecular flexibility index (Phi) is 6.01. The van der Waals surface area contributed by atoms with Gasteiger partial charge in [0.05, 0.1) is 26.9 Å². The molecular formula is C17H21FN2O3S. The molecule has 0 aliphatic rings. The van der Waals surface area contributed by atoms with E-state index in [1.807, 2.05) is 13.8 Å². The molecule has 1 aromatic heterocycles. The molecule has 1 atom stereocenters. The summed E-state index contributed by atoms with van der Waals surface area (Å²) in [4.78, 5) is 8.52. The molecule has 2 rings (SSSR count). The first-order chi connectivity index (χ1) is 11.4. The lowest BCUT2D eigenvalue weighted by atomic mass is 9.81. The van der Waals surface area contributed by atoms with Crippen molar-refractivity contribution in [3.8, 4) is 11.8 Å². The maximum absolute atomic E-state index is 14.2. The maximum atomic E-state index is 14.2. The number of aliphatic hydroxyl groups excluding tert-OH is 1. The third-order valence-corrected chi connectivity index (χ3v) is 5.28. The van der Waals surface area contributed by atoms with E-state index in [0.717, 1.165) is 0 Å². The van der Waals surface area contributed by atoms with Crippen LogP contribution in [-0.2, 0) is 5.41 Å². The van der Waals surface area contributed by atoms with Gasteiger partial charge in [0, 0.05) is 10.7 Å². The highest BCUT2D eigenvalue weighted by molar-refractivity contribution is 7.99. The fourth-order valence-electron chi connectivity index (χ4n) is 2.34. The molecule has 0 bridgehead atoms. The number of methoxy groups -OCH3 is 2. The number of nitrogens with zero attached hydrogens (tertiary/aromatic N) is 2. The number of thioether (sulfide) groups is 1. The molecule has 7 heteroatoms. The number of aromatic nitrogens is 2. The standard InChI is InChI=1S/C17H21FN2O3S/c1-17(2,11-7-5-6-8-12(11)18)13(10-21)24-16-19-14(22-3)9-15(20-16)23-4/h5-9,13,21H,10H2,1-4H3. The lowest BCUT2D eigenvalue weighted by Crippen LogP contribution is -2.35. The molecule has 2 aromatic rings. The highest BCUT2D eigenvalue weighted by Gasteiger charge is 2.34. The summed E-state index contributed by atoms with van der Waals surface area (Å²) in [5, 5.41) is 9.91. The van der Waals surface area contributed by atoms with E-state index in [9.17, 15) is 9.50 Å². The number of hydrogen-bond donors (Lipinski definition) is 1. The van der Waals surface area contributed by atoms with Gasteiger partial charge in [-0.3, -0.25) is 0 Å². The molecule has 130 valence electrons. The van der Waals surface area contributed by atoms with Crippen LogP contribution < -0.4 is 9.47 Å². The minimum Gasteiger partial charge on any atom is -0.481 e. The van der Waals surface area contributed by atoms with Gasteiger partial charge in [-0.2, -0.15) is 9.97 Å². The zero-order valence-electron chi connectivity index (χ0n) is 14.1. The van der Waals surface area contributed by atoms with E-state index in [2.05, 4.69) is 9.97 Å². The average molecular weight is 352 g/mol. The van der Waals surface area contributed by atoms with Gasteiger partial charge in [-0.25, -0.2) is 4.39 Å². The van der Waals surface area contributed by atoms with Gasteiger partial charge in [-0.05, 0) is 11.6 Å². The average Bonchev–Trinajstić information content (AvgIpc) is 2.59. The van der Waals surface area contributed by atoms with Crippen molar-refractivity contribution in [2.45, 2.75) is 29.7 Å². The Morgan fingerprint density at radius 3 is 2.25 bits per heavy atom. The minimum absolute atomic E-state index is 0.158. The Balaban J connectivity index is 2.34. The highest BCUT2D eigenvalue weighted by Crippen LogP contribution is 2.38. The number of benzene rings is 1. The van der Waals surface area contributed by atoms with Crippen LogP contribution in [-0.4, -0.2) is 41.2 Å². The topological polar surface area (TPSA) is 64.5 Å². The van der Waals surface area contributed by atoms with Gasteiger partial charge in [0.2, 0.25) is 11.8 Å². The second-order valence-electron chi connectivity index (χ2n) is 5.73. The van der Waals surface area contributed by atoms with E-state index in [-0.39, 0.29) is 17.7 Å². The van der Waals surface area contributed by atoms with Crippen LogP contribution in [0.4, 0.5) is 4.39 Å². The maximum Gasteiger partial charge on any atom is 0.220 e. The molecule has 5 nitrogen and oxygen atoms in total. The van der Waals surface area contributed by atoms with E-state index in [0.29, 0.717) is 22.5 Å². The fourth-order valence-corrected chi connectivity index (χ4v) is 3.38. The van der Waals surface area contributed by atoms with Crippen molar-refractivity contribution in [3.63, 3.8) is 0 Å². The Labute approximate surface area is 145 Å². The summed E-state index contributed by atoms with van der Waals surface area (Å²) in [6, 6.07) is 8.14. The Hall–Kier alpha value is -1.86. The molecule has 24 heavy (non-hydrogen) atoms. The van der Waals surface area contributed by atoms with Crippen molar-refractivity contribution in [1.29, 1.82) is 0 Å². The van der Waals surface area contributed by atoms with Gasteiger partial charge in [-0.15, -0.1) is 0 Å². The number of aliphatic hydroxyl groups is 1. The highest BCUT2D eigenvalue weighted by atomic mass is 32.2. The lowest BCUT2D eigenvalue weighted by molar-refractivity contribution is 0.258. The molecule has 1 heterocycles. The number of halogens is 1. The van der Waals surface area contributed by atoms with Crippen LogP contribution in [0, 0.1) is 5.82 Å². The lowest BCUT2D eigenvalue weighted by Gasteiger charge is -2.33. The summed E-state index contributed by atoms with van der Waals surface area (Å²) in [5.41, 5.74) is -0.101. The smallest absolute Gasteiger partial charge is 0.220 e. The molecule has 0 aliphatic carbocycles. The van der Waals surface area contributed by atoms with Crippen LogP contribution in [0.3, 0.4) is 0 Å². The van der Waals surface area contributed by atoms with Crippen LogP contribution in [0.1, 0.15) is 19.4 Å². The van der Waals surface area contributed by atoms with E-state index >= 15 is 0 Å². The number of ether oxygens (including phenoxy) is 2. The van der Waals surface area contributed by atoms with Crippen LogP contribution in [0.15, 0.2) is 35.5 Å². The van der Waals surface area contributed by atoms with Gasteiger partial charge >= 0.3 is 0 Å². The second kappa shape index (κ2) is 7.81. The summed E-state index contributed by atoms with van der Waals surface area (Å²) in [6.45, 7) is 3.61. The molecule has 0 saturated carbocycles. The SMILES string of the molecule is COc1cc(OC)nc(SC(CO)C(C)(C)c2ccccc2F)n1. The normalized spacial score (nSPS) is 12.8. The van der Waals surface area contributed by atoms with Crippen molar-refractivity contribution < 1.29 is 19.0 Å². The van der Waals surface area contributed by atoms with Crippen molar-refractivity contribution in [1.82, 2.24) is 9.97 Å². The van der Waals surface area contributed by atoms with Crippen LogP contribution >= 0.6 is 11.8 Å². The number of rotatable bonds is 7. The van der Waals surface area contributed by atoms with E-state index in [1.54, 1.807) is 24.3 Å². The van der Waals surface area contributed by atoms with Crippen LogP contribution in [0.25, 0.3) is 0 Å². The molecule has 0 amide bonds. The zero-order chi connectivity index (χ0) is 17.7. The van der Waals surface area contributed by atoms with Crippen molar-refractivity contribution in [2.24, 2.45) is 0 Å². The molecule has 0 radical (unpaired) electrons. The van der Waals surface area contributed by atoms with Gasteiger partial charge in [0.15, 0.2) is 5.16 Å². The largest absolute Gasteiger partial charge is 0.481 e. The third-order valence-electron chi connectivity index (χ3n) is 3.86. The Morgan fingerprint density at radius 2 is 1.75 bits per heavy atom. The Bertz CT molecular complexity index is 675. The second-order valence-corrected chi connectivity index (χ2v) is 6.90. The summed E-state index contributed by atoms with van der Waals surface area (Å²) in [5.74, 6) is 0.431. The van der Waals surface area contributed by atoms with Gasteiger partial charge in [-0.1, -0.05) is 43.8 Å². The minimum atomic E-state index is -0.634. The van der Waals surface area contributed by atoms with Crippen molar-refractivity contribution in [2.75, 3.05) is 20.8 Å². The van der Waals surface area contributed by atoms with Crippen molar-refractivity contribution >= 4 is 11.8 Å². The predicted octanol–water partition coefficient (Wildman–Crippen LogP) is 3.06. The summed E-state index contributed by atoms with van der Waals surface area (Å²) in [6.07, 6.45) is 0. The molecular weight excluding hydrogens is 331 g/mol. The van der Waals surface area contributed by atoms with E-state index in [4.69, 9.17) is 9.47 Å². The molecule has 0 fully saturated rings. The van der Waals surface area contributed by atoms with Gasteiger partial charge < -0.3 is 14.6 Å². The quantitative estimate of drug-likeness (QED) is 0.610. The zero-order valence-corrected chi connectivity index (χ0v) is 14.9. The third kappa shape index (κ3) is 3.96. The monoisotopic (exact) mass is 352 g/mol. The van der Waals surface area contributed by atoms with Gasteiger partial charge in [0.1, 0.15) is 5.82 Å². The first-order valence-electron chi connectivity index (χ1n) is 7.42. The molecule has 0 aliphatic heterocycles. The number of hydrogen-bond acceptors (Lipinski definition) is 6. The van der Waals surface area contributed by atoms with E-state index in [1.165, 1.54) is 32.0 Å². The predicted molar refractivity (Wildman–Crippen MR) is 91.3 cm³/mol. The molecule has 0 spiro atoms. The summed E-state index contributed by atoms with van der Waals surface area (Å²) < 4.78 is 24.5. The summed E-state index contributed by atoms with van der Waals surface area (Å²) >= 11 is 1.26. The molecule has 0 saturated heterocycles. The molecule has 1 unspecified atom stereocenters. The fraction of sp³-hybridized carbons (Fsp3) is 0.412. The van der Waals surface area contributed by atoms with Crippen LogP contribution in [0.2, 0.25) is 0 Å². The molecule has 1 N–H and O–H groups in total. The first-order valence-corrected chi connectivity index (χ1v) is 8.30. The van der Waals surface area contributed by atoms with Gasteiger partial charge in [0.25, 0.3) is 0 Å². The first kappa shape index (κ1) is 18.5. The summed E-state index contributed by atoms with van der Waals surface area (Å²) in [7, 11) is 3.01. The van der Waals surface area contributed by atoms with E-state index < -0.39 is 5.41 Å². The molecule has 1 aromatic carbocycles. The van der Waals surface area contributed by atoms with Crippen LogP contribution in [0.5, 0.6) is 11.8 Å². The van der Waals surface area contributed by atoms with Crippen molar-refractivity contribution in [3.05, 3.63) is 41.7 Å². The Morgan fingerprint density at radius 1 is 1.17 bits per heavy atom.